The molecular formula is C106H96N14O5. The second-order valence-electron chi connectivity index (χ2n) is 36.1. The van der Waals surface area contributed by atoms with Gasteiger partial charge in [0.2, 0.25) is 17.1 Å². The summed E-state index contributed by atoms with van der Waals surface area (Å²) in [6.07, 6.45) is 25.0. The third-order valence-electron chi connectivity index (χ3n) is 29.2. The molecule has 0 radical (unpaired) electrons. The van der Waals surface area contributed by atoms with Crippen LogP contribution >= 0.6 is 0 Å². The summed E-state index contributed by atoms with van der Waals surface area (Å²) in [7, 11) is 0. The molecule has 11 aromatic rings. The number of hydrogen-bond donors (Lipinski definition) is 0. The van der Waals surface area contributed by atoms with Crippen molar-refractivity contribution in [2.45, 2.75) is 178 Å². The molecule has 0 N–H and O–H groups in total. The van der Waals surface area contributed by atoms with Crippen LogP contribution < -0.4 is 0 Å². The van der Waals surface area contributed by atoms with Crippen molar-refractivity contribution >= 4 is 23.1 Å². The lowest BCUT2D eigenvalue weighted by molar-refractivity contribution is -0.130. The molecule has 0 bridgehead atoms. The molecule has 620 valence electrons. The smallest absolute Gasteiger partial charge is 0.308 e. The molecule has 6 aromatic heterocycles. The largest absolute Gasteiger partial charge is 0.424 e. The van der Waals surface area contributed by atoms with E-state index >= 15 is 0 Å². The number of ether oxygens (including phenoxy) is 1. The number of nitrogens with zero attached hydrogens (tertiary/aromatic N) is 14. The Bertz CT molecular complexity index is 6220. The molecule has 19 heteroatoms. The van der Waals surface area contributed by atoms with Crippen LogP contribution in [0.4, 0.5) is 0 Å². The summed E-state index contributed by atoms with van der Waals surface area (Å²) in [5.74, 6) is 2.84. The van der Waals surface area contributed by atoms with Gasteiger partial charge in [0.05, 0.1) is 70.7 Å². The zero-order valence-electron chi connectivity index (χ0n) is 71.6. The van der Waals surface area contributed by atoms with Crippen LogP contribution in [0.1, 0.15) is 170 Å². The molecule has 125 heavy (non-hydrogen) atoms. The molecule has 21 rings (SSSR count). The highest BCUT2D eigenvalue weighted by Gasteiger charge is 2.83. The van der Waals surface area contributed by atoms with E-state index in [1.54, 1.807) is 24.8 Å². The fourth-order valence-electron chi connectivity index (χ4n) is 22.7. The quantitative estimate of drug-likeness (QED) is 0.102. The second-order valence-corrected chi connectivity index (χ2v) is 36.1. The lowest BCUT2D eigenvalue weighted by Gasteiger charge is -2.46. The lowest BCUT2D eigenvalue weighted by atomic mass is 9.55. The van der Waals surface area contributed by atoms with Gasteiger partial charge in [-0.3, -0.25) is 24.3 Å². The van der Waals surface area contributed by atoms with Gasteiger partial charge in [-0.15, -0.1) is 0 Å². The van der Waals surface area contributed by atoms with E-state index in [2.05, 4.69) is 118 Å². The summed E-state index contributed by atoms with van der Waals surface area (Å²) in [4.78, 5) is 115. The first-order chi connectivity index (χ1) is 60.6. The third-order valence-corrected chi connectivity index (χ3v) is 29.2. The predicted molar refractivity (Wildman–Crippen MR) is 479 cm³/mol. The monoisotopic (exact) mass is 1640 g/mol. The first kappa shape index (κ1) is 82.5. The van der Waals surface area contributed by atoms with Crippen LogP contribution in [0.15, 0.2) is 236 Å². The van der Waals surface area contributed by atoms with E-state index in [0.717, 1.165) is 171 Å². The van der Waals surface area contributed by atoms with Crippen molar-refractivity contribution in [3.63, 3.8) is 0 Å². The van der Waals surface area contributed by atoms with E-state index in [1.807, 2.05) is 161 Å². The first-order valence-corrected chi connectivity index (χ1v) is 43.9. The maximum absolute atomic E-state index is 13.0. The number of epoxide rings is 1. The van der Waals surface area contributed by atoms with Crippen molar-refractivity contribution in [1.82, 2.24) is 49.8 Å². The summed E-state index contributed by atoms with van der Waals surface area (Å²) >= 11 is 0. The van der Waals surface area contributed by atoms with Crippen molar-refractivity contribution in [2.24, 2.45) is 47.3 Å². The van der Waals surface area contributed by atoms with Crippen molar-refractivity contribution in [3.05, 3.63) is 333 Å². The minimum absolute atomic E-state index is 0.00855. The molecule has 0 amide bonds. The fourth-order valence-corrected chi connectivity index (χ4v) is 22.7. The van der Waals surface area contributed by atoms with E-state index in [4.69, 9.17) is 70.9 Å². The van der Waals surface area contributed by atoms with Crippen LogP contribution in [-0.4, -0.2) is 84.8 Å². The number of fused-ring (bicyclic) bond motifs is 14. The van der Waals surface area contributed by atoms with Crippen molar-refractivity contribution < 1.29 is 23.9 Å². The maximum atomic E-state index is 13.0. The average Bonchev–Trinajstić information content (AvgIpc) is 1.50. The van der Waals surface area contributed by atoms with Gasteiger partial charge in [-0.1, -0.05) is 245 Å². The number of rotatable bonds is 8. The number of pyridine rings is 2. The molecule has 7 heterocycles. The number of hydrogen-bond acceptors (Lipinski definition) is 15. The number of aromatic nitrogens is 10. The molecule has 10 aliphatic rings. The van der Waals surface area contributed by atoms with Crippen molar-refractivity contribution in [1.29, 1.82) is 0 Å². The molecule has 3 fully saturated rings. The number of Topliss-reactive ketones (excluding diaryl/α,β-unsaturated/α-hetero) is 4. The van der Waals surface area contributed by atoms with Crippen molar-refractivity contribution in [2.75, 3.05) is 0 Å². The predicted octanol–water partition coefficient (Wildman–Crippen LogP) is 21.0. The molecule has 14 atom stereocenters. The van der Waals surface area contributed by atoms with E-state index in [9.17, 15) is 19.2 Å². The van der Waals surface area contributed by atoms with Crippen LogP contribution in [0.2, 0.25) is 0 Å². The van der Waals surface area contributed by atoms with Crippen LogP contribution in [0.25, 0.3) is 98.6 Å². The summed E-state index contributed by atoms with van der Waals surface area (Å²) < 4.78 is 5.94. The van der Waals surface area contributed by atoms with Gasteiger partial charge < -0.3 is 14.4 Å². The van der Waals surface area contributed by atoms with Gasteiger partial charge in [0, 0.05) is 132 Å². The van der Waals surface area contributed by atoms with Crippen LogP contribution in [-0.2, 0) is 71.3 Å². The number of benzene rings is 5. The van der Waals surface area contributed by atoms with E-state index in [-0.39, 0.29) is 87.6 Å². The van der Waals surface area contributed by atoms with Crippen molar-refractivity contribution in [3.8, 4) is 79.2 Å². The lowest BCUT2D eigenvalue weighted by Crippen LogP contribution is -2.55. The zero-order chi connectivity index (χ0) is 86.8. The molecule has 0 unspecified atom stereocenters. The molecule has 19 nitrogen and oxygen atoms in total. The van der Waals surface area contributed by atoms with Gasteiger partial charge in [0.1, 0.15) is 5.82 Å². The molecule has 2 saturated carbocycles. The summed E-state index contributed by atoms with van der Waals surface area (Å²) in [6.45, 7) is 46.9. The minimum Gasteiger partial charge on any atom is -0.308 e. The summed E-state index contributed by atoms with van der Waals surface area (Å²) in [6, 6.07) is 58.6. The van der Waals surface area contributed by atoms with Gasteiger partial charge in [0.15, 0.2) is 40.9 Å². The van der Waals surface area contributed by atoms with Crippen LogP contribution in [0.3, 0.4) is 0 Å². The number of allylic oxidation sites excluding steroid dienone is 6. The van der Waals surface area contributed by atoms with E-state index < -0.39 is 33.5 Å². The minimum atomic E-state index is -1.35. The molecule has 9 aliphatic carbocycles. The van der Waals surface area contributed by atoms with Gasteiger partial charge in [-0.25, -0.2) is 61.0 Å². The highest BCUT2D eigenvalue weighted by molar-refractivity contribution is 6.02. The Labute approximate surface area is 730 Å². The number of carbonyl (C=O) groups excluding carboxylic acids is 4. The van der Waals surface area contributed by atoms with Gasteiger partial charge in [-0.2, -0.15) is 0 Å². The molecule has 5 aromatic carbocycles. The standard InChI is InChI=1S/C27H29N3O.C27H23N3O.C26H22N4O2.C26H22N4O/c2*1-17-21-15-14-20-23(18-10-6-4-7-11-18)29-26(19-12-8-5-9-13-19)30-25(20)27(21,2)16-22(28-3)24(17)31;1-15-19-10-9-18-20(16-7-5-4-6-8-16)29-23(17-11-13-28-14-12-17)30-21(18)25(19,2)24-26(27-3,32-24)22(15)31;1-16-20-10-9-19-22(17-7-5-4-6-8-17)29-25(18-11-13-28-14-12-18)30-24(19)26(20,2)15-21(27-3)23(16)31/h4,6-7,10-11,16-17,19,21H,5,8-9,12-15H2,1-2H3;4-13,16-17,21H,14-15H2,1-2H3;4-8,11-15,19,24H,9-10H2,1-2H3;4-8,11-16,20H,9-10H2,1-2H3/t2*17-,21-,27-;15-,19-,24+,25-,26-;16-,20-,26-/m1111/s1. The molecule has 1 saturated heterocycles. The highest BCUT2D eigenvalue weighted by atomic mass is 16.6. The van der Waals surface area contributed by atoms with Gasteiger partial charge in [-0.05, 0) is 112 Å². The second kappa shape index (κ2) is 33.0. The van der Waals surface area contributed by atoms with Gasteiger partial charge in [0.25, 0.3) is 5.78 Å². The highest BCUT2D eigenvalue weighted by Crippen LogP contribution is 2.64. The molecular weight excluding hydrogens is 1550 g/mol. The van der Waals surface area contributed by atoms with E-state index in [1.165, 1.54) is 24.8 Å². The first-order valence-electron chi connectivity index (χ1n) is 43.9. The molecule has 1 aliphatic heterocycles. The Morgan fingerprint density at radius 3 is 1.01 bits per heavy atom. The zero-order valence-corrected chi connectivity index (χ0v) is 71.6. The number of ketones is 4. The van der Waals surface area contributed by atoms with Gasteiger partial charge >= 0.3 is 5.72 Å². The molecule has 0 spiro atoms. The Morgan fingerprint density at radius 2 is 0.656 bits per heavy atom. The SMILES string of the molecule is [C-]#[N+]C1=C[C@@]2(C)c3nc(-c4ccccc4)nc(-c4ccccc4)c3CC[C@@H]2[C@@H](C)C1=O.[C-]#[N+]C1=C[C@@]2(C)c3nc(-c4ccncc4)nc(-c4ccccc4)c3CC[C@@H]2[C@@H](C)C1=O.[C-]#[N+]C1=C[C@@]2(C)c3nc(C4CCCCC4)nc(-c4ccccc4)c3CC[C@@H]2[C@@H](C)C1=O.[C-]#[N+][C@]12O[C@H]1[C@@]1(C)c3nc(-c4ccncc4)nc(-c4ccccc4)c3CC[C@@H]1[C@@H](C)C2=O. The Kier molecular flexibility index (Phi) is 21.8. The maximum Gasteiger partial charge on any atom is 0.424 e. The summed E-state index contributed by atoms with van der Waals surface area (Å²) in [5, 5.41) is 0. The topological polar surface area (TPSA) is 227 Å². The van der Waals surface area contributed by atoms with E-state index in [0.29, 0.717) is 23.4 Å². The summed E-state index contributed by atoms with van der Waals surface area (Å²) in [5.41, 5.74) is 16.8. The van der Waals surface area contributed by atoms with Crippen LogP contribution in [0, 0.1) is 73.6 Å². The van der Waals surface area contributed by atoms with Crippen LogP contribution in [0.5, 0.6) is 0 Å². The Balaban J connectivity index is 0.000000113. The fraction of sp³-hybridized carbons (Fsp3) is 0.340. The Hall–Kier alpha value is -13.5. The Morgan fingerprint density at radius 1 is 0.344 bits per heavy atom. The number of carbonyl (C=O) groups is 4. The normalized spacial score (nSPS) is 27.5. The third kappa shape index (κ3) is 14.1. The average molecular weight is 1650 g/mol.